The molecule has 0 amide bonds. The predicted octanol–water partition coefficient (Wildman–Crippen LogP) is 2.23. The van der Waals surface area contributed by atoms with E-state index in [4.69, 9.17) is 9.84 Å². The van der Waals surface area contributed by atoms with Crippen LogP contribution in [0.2, 0.25) is 0 Å². The number of hydrogen-bond acceptors (Lipinski definition) is 5. The van der Waals surface area contributed by atoms with Crippen molar-refractivity contribution in [3.8, 4) is 0 Å². The molecule has 1 heterocycles. The van der Waals surface area contributed by atoms with E-state index in [0.29, 0.717) is 22.5 Å². The molecular weight excluding hydrogens is 240 g/mol. The second-order valence-electron chi connectivity index (χ2n) is 4.18. The van der Waals surface area contributed by atoms with Gasteiger partial charge in [0, 0.05) is 12.0 Å². The number of hydrogen-bond donors (Lipinski definition) is 2. The Bertz CT molecular complexity index is 390. The van der Waals surface area contributed by atoms with Gasteiger partial charge in [-0.3, -0.25) is 0 Å². The number of anilines is 1. The van der Waals surface area contributed by atoms with E-state index >= 15 is 0 Å². The van der Waals surface area contributed by atoms with E-state index in [2.05, 4.69) is 24.1 Å². The number of aromatic nitrogens is 1. The Hall–Kier alpha value is -1.14. The van der Waals surface area contributed by atoms with Crippen LogP contribution in [0.5, 0.6) is 0 Å². The molecule has 0 saturated heterocycles. The fourth-order valence-electron chi connectivity index (χ4n) is 1.40. The Kier molecular flexibility index (Phi) is 4.89. The third-order valence-corrected chi connectivity index (χ3v) is 3.36. The maximum Gasteiger partial charge on any atom is 0.355 e. The van der Waals surface area contributed by atoms with Crippen LogP contribution in [0.4, 0.5) is 5.13 Å². The van der Waals surface area contributed by atoms with Crippen LogP contribution >= 0.6 is 11.3 Å². The van der Waals surface area contributed by atoms with E-state index in [1.807, 2.05) is 0 Å². The molecule has 0 aliphatic heterocycles. The molecule has 0 radical (unpaired) electrons. The second kappa shape index (κ2) is 5.97. The van der Waals surface area contributed by atoms with Crippen LogP contribution in [0.15, 0.2) is 0 Å². The summed E-state index contributed by atoms with van der Waals surface area (Å²) < 4.78 is 5.12. The number of carbonyl (C=O) groups is 1. The Morgan fingerprint density at radius 1 is 1.59 bits per heavy atom. The Morgan fingerprint density at radius 2 is 2.24 bits per heavy atom. The maximum atomic E-state index is 10.9. The van der Waals surface area contributed by atoms with Crippen LogP contribution in [-0.2, 0) is 4.74 Å². The van der Waals surface area contributed by atoms with Gasteiger partial charge in [0.05, 0.1) is 12.6 Å². The largest absolute Gasteiger partial charge is 0.476 e. The first-order chi connectivity index (χ1) is 7.95. The van der Waals surface area contributed by atoms with Crippen LogP contribution in [0, 0.1) is 12.8 Å². The van der Waals surface area contributed by atoms with Gasteiger partial charge in [-0.25, -0.2) is 9.78 Å². The lowest BCUT2D eigenvalue weighted by molar-refractivity contribution is 0.0690. The van der Waals surface area contributed by atoms with Crippen LogP contribution in [0.3, 0.4) is 0 Å². The minimum Gasteiger partial charge on any atom is -0.476 e. The maximum absolute atomic E-state index is 10.9. The number of rotatable bonds is 6. The van der Waals surface area contributed by atoms with Gasteiger partial charge in [-0.15, -0.1) is 11.3 Å². The molecule has 17 heavy (non-hydrogen) atoms. The minimum absolute atomic E-state index is 0.123. The van der Waals surface area contributed by atoms with Crippen LogP contribution in [0.25, 0.3) is 0 Å². The van der Waals surface area contributed by atoms with E-state index in [-0.39, 0.29) is 11.7 Å². The monoisotopic (exact) mass is 258 g/mol. The Labute approximate surface area is 105 Å². The van der Waals surface area contributed by atoms with Gasteiger partial charge in [0.2, 0.25) is 0 Å². The van der Waals surface area contributed by atoms with E-state index in [1.165, 1.54) is 11.3 Å². The van der Waals surface area contributed by atoms with Gasteiger partial charge in [0.25, 0.3) is 0 Å². The highest BCUT2D eigenvalue weighted by molar-refractivity contribution is 7.15. The number of methoxy groups -OCH3 is 1. The van der Waals surface area contributed by atoms with Crippen molar-refractivity contribution < 1.29 is 14.6 Å². The lowest BCUT2D eigenvalue weighted by Gasteiger charge is -2.20. The standard InChI is InChI=1S/C11H18N2O3S/c1-6(2)8(5-16-4)12-11-13-9(10(14)15)7(3)17-11/h6,8H,5H2,1-4H3,(H,12,13)(H,14,15). The molecule has 1 aromatic heterocycles. The van der Waals surface area contributed by atoms with Crippen molar-refractivity contribution in [2.45, 2.75) is 26.8 Å². The first kappa shape index (κ1) is 13.9. The molecule has 6 heteroatoms. The normalized spacial score (nSPS) is 12.8. The molecule has 5 nitrogen and oxygen atoms in total. The van der Waals surface area contributed by atoms with Crippen molar-refractivity contribution >= 4 is 22.4 Å². The summed E-state index contributed by atoms with van der Waals surface area (Å²) in [5.74, 6) is -0.605. The molecule has 96 valence electrons. The van der Waals surface area contributed by atoms with Crippen molar-refractivity contribution in [1.82, 2.24) is 4.98 Å². The van der Waals surface area contributed by atoms with Gasteiger partial charge in [0.15, 0.2) is 10.8 Å². The topological polar surface area (TPSA) is 71.5 Å². The van der Waals surface area contributed by atoms with Gasteiger partial charge >= 0.3 is 5.97 Å². The van der Waals surface area contributed by atoms with Crippen molar-refractivity contribution in [3.63, 3.8) is 0 Å². The highest BCUT2D eigenvalue weighted by atomic mass is 32.1. The molecule has 0 fully saturated rings. The number of carboxylic acid groups (broad SMARTS) is 1. The molecular formula is C11H18N2O3S. The summed E-state index contributed by atoms with van der Waals surface area (Å²) in [4.78, 5) is 15.6. The molecule has 1 atom stereocenters. The van der Waals surface area contributed by atoms with Gasteiger partial charge in [-0.05, 0) is 12.8 Å². The predicted molar refractivity (Wildman–Crippen MR) is 67.9 cm³/mol. The zero-order valence-corrected chi connectivity index (χ0v) is 11.3. The minimum atomic E-state index is -0.986. The van der Waals surface area contributed by atoms with Gasteiger partial charge < -0.3 is 15.2 Å². The van der Waals surface area contributed by atoms with E-state index in [9.17, 15) is 4.79 Å². The zero-order chi connectivity index (χ0) is 13.0. The highest BCUT2D eigenvalue weighted by Gasteiger charge is 2.18. The van der Waals surface area contributed by atoms with E-state index < -0.39 is 5.97 Å². The molecule has 0 aliphatic carbocycles. The summed E-state index contributed by atoms with van der Waals surface area (Å²) in [7, 11) is 1.65. The van der Waals surface area contributed by atoms with E-state index in [1.54, 1.807) is 14.0 Å². The van der Waals surface area contributed by atoms with Crippen LogP contribution < -0.4 is 5.32 Å². The highest BCUT2D eigenvalue weighted by Crippen LogP contribution is 2.23. The summed E-state index contributed by atoms with van der Waals surface area (Å²) in [6.45, 7) is 6.48. The molecule has 2 N–H and O–H groups in total. The summed E-state index contributed by atoms with van der Waals surface area (Å²) in [6, 6.07) is 0.132. The molecule has 0 spiro atoms. The van der Waals surface area contributed by atoms with Gasteiger partial charge in [0.1, 0.15) is 0 Å². The third kappa shape index (κ3) is 3.67. The summed E-state index contributed by atoms with van der Waals surface area (Å²) >= 11 is 1.36. The second-order valence-corrected chi connectivity index (χ2v) is 5.38. The first-order valence-corrected chi connectivity index (χ1v) is 6.23. The Balaban J connectivity index is 2.79. The average molecular weight is 258 g/mol. The van der Waals surface area contributed by atoms with Crippen molar-refractivity contribution in [1.29, 1.82) is 0 Å². The SMILES string of the molecule is COCC(Nc1nc(C(=O)O)c(C)s1)C(C)C. The zero-order valence-electron chi connectivity index (χ0n) is 10.5. The fraction of sp³-hybridized carbons (Fsp3) is 0.636. The smallest absolute Gasteiger partial charge is 0.355 e. The number of aromatic carboxylic acids is 1. The number of nitrogens with one attached hydrogen (secondary N) is 1. The third-order valence-electron chi connectivity index (χ3n) is 2.46. The van der Waals surface area contributed by atoms with Crippen molar-refractivity contribution in [2.75, 3.05) is 19.0 Å². The first-order valence-electron chi connectivity index (χ1n) is 5.42. The van der Waals surface area contributed by atoms with Crippen LogP contribution in [-0.4, -0.2) is 35.8 Å². The molecule has 1 rings (SSSR count). The molecule has 1 aromatic rings. The molecule has 0 saturated carbocycles. The van der Waals surface area contributed by atoms with Gasteiger partial charge in [-0.2, -0.15) is 0 Å². The summed E-state index contributed by atoms with van der Waals surface area (Å²) in [5, 5.41) is 12.8. The fourth-order valence-corrected chi connectivity index (χ4v) is 2.26. The average Bonchev–Trinajstić information content (AvgIpc) is 2.59. The van der Waals surface area contributed by atoms with Crippen LogP contribution in [0.1, 0.15) is 29.2 Å². The number of aryl methyl sites for hydroxylation is 1. The lowest BCUT2D eigenvalue weighted by Crippen LogP contribution is -2.30. The summed E-state index contributed by atoms with van der Waals surface area (Å²) in [5.41, 5.74) is 0.123. The molecule has 0 bridgehead atoms. The number of carboxylic acids is 1. The Morgan fingerprint density at radius 3 is 2.65 bits per heavy atom. The number of ether oxygens (including phenoxy) is 1. The lowest BCUT2D eigenvalue weighted by atomic mass is 10.1. The van der Waals surface area contributed by atoms with Crippen molar-refractivity contribution in [2.24, 2.45) is 5.92 Å². The number of nitrogens with zero attached hydrogens (tertiary/aromatic N) is 1. The van der Waals surface area contributed by atoms with E-state index in [0.717, 1.165) is 0 Å². The van der Waals surface area contributed by atoms with Crippen molar-refractivity contribution in [3.05, 3.63) is 10.6 Å². The molecule has 0 aliphatic rings. The summed E-state index contributed by atoms with van der Waals surface area (Å²) in [6.07, 6.45) is 0. The molecule has 0 aromatic carbocycles. The molecule has 1 unspecified atom stereocenters. The quantitative estimate of drug-likeness (QED) is 0.818. The van der Waals surface area contributed by atoms with Gasteiger partial charge in [-0.1, -0.05) is 13.8 Å². The number of thiazole rings is 1.